The molecule has 0 saturated carbocycles. The minimum atomic E-state index is -0.357. The molecule has 0 aliphatic rings. The smallest absolute Gasteiger partial charge is 0.0406 e. The molecule has 0 N–H and O–H groups in total. The van der Waals surface area contributed by atoms with Crippen LogP contribution in [-0.2, 0) is 6.16 Å². The molecule has 0 fully saturated rings. The molecule has 0 bridgehead atoms. The van der Waals surface area contributed by atoms with E-state index in [9.17, 15) is 0 Å². The minimum Gasteiger partial charge on any atom is -0.0964 e. The minimum absolute atomic E-state index is 0.357. The van der Waals surface area contributed by atoms with Crippen LogP contribution in [0, 0.1) is 0 Å². The summed E-state index contributed by atoms with van der Waals surface area (Å²) in [5, 5.41) is 0.781. The van der Waals surface area contributed by atoms with Crippen molar-refractivity contribution < 1.29 is 0 Å². The fourth-order valence-corrected chi connectivity index (χ4v) is 2.10. The average molecular weight is 207 g/mol. The molecular weight excluding hydrogens is 198 g/mol. The molecule has 0 nitrogen and oxygen atoms in total. The highest BCUT2D eigenvalue weighted by Gasteiger charge is 1.97. The Morgan fingerprint density at radius 2 is 1.82 bits per heavy atom. The van der Waals surface area contributed by atoms with Gasteiger partial charge in [-0.1, -0.05) is 35.0 Å². The number of benzene rings is 1. The third-order valence-electron chi connectivity index (χ3n) is 1.31. The molecule has 1 unspecified atom stereocenters. The van der Waals surface area contributed by atoms with Crippen LogP contribution in [0.1, 0.15) is 5.56 Å². The van der Waals surface area contributed by atoms with Crippen LogP contribution in [0.3, 0.4) is 0 Å². The van der Waals surface area contributed by atoms with Gasteiger partial charge >= 0.3 is 0 Å². The first-order chi connectivity index (χ1) is 5.18. The molecule has 0 aliphatic carbocycles. The molecule has 1 atom stereocenters. The summed E-state index contributed by atoms with van der Waals surface area (Å²) < 4.78 is 0. The zero-order valence-corrected chi connectivity index (χ0v) is 8.63. The van der Waals surface area contributed by atoms with Gasteiger partial charge in [0.1, 0.15) is 0 Å². The maximum Gasteiger partial charge on any atom is 0.0406 e. The van der Waals surface area contributed by atoms with Gasteiger partial charge in [0.15, 0.2) is 0 Å². The standard InChI is InChI=1S/C8H9Cl2P/c1-11(10)6-7-2-4-8(9)5-3-7/h2-5H,6H2,1H3. The molecule has 0 saturated heterocycles. The normalized spacial score (nSPS) is 13.0. The predicted octanol–water partition coefficient (Wildman–Crippen LogP) is 4.11. The van der Waals surface area contributed by atoms with Gasteiger partial charge in [-0.05, 0) is 31.6 Å². The Bertz CT molecular complexity index is 218. The molecule has 1 aromatic rings. The van der Waals surface area contributed by atoms with Gasteiger partial charge < -0.3 is 0 Å². The van der Waals surface area contributed by atoms with Crippen molar-refractivity contribution in [2.75, 3.05) is 6.66 Å². The molecular formula is C8H9Cl2P. The first-order valence-corrected chi connectivity index (χ1v) is 6.55. The van der Waals surface area contributed by atoms with Crippen LogP contribution < -0.4 is 0 Å². The first kappa shape index (κ1) is 9.32. The van der Waals surface area contributed by atoms with Gasteiger partial charge in [-0.15, -0.1) is 0 Å². The predicted molar refractivity (Wildman–Crippen MR) is 53.9 cm³/mol. The monoisotopic (exact) mass is 206 g/mol. The van der Waals surface area contributed by atoms with Crippen molar-refractivity contribution in [3.8, 4) is 0 Å². The van der Waals surface area contributed by atoms with Gasteiger partial charge in [0.25, 0.3) is 0 Å². The topological polar surface area (TPSA) is 0 Å². The van der Waals surface area contributed by atoms with Crippen molar-refractivity contribution in [1.82, 2.24) is 0 Å². The molecule has 0 radical (unpaired) electrons. The zero-order valence-electron chi connectivity index (χ0n) is 6.22. The lowest BCUT2D eigenvalue weighted by atomic mass is 10.2. The summed E-state index contributed by atoms with van der Waals surface area (Å²) >= 11 is 11.6. The Hall–Kier alpha value is 0.230. The van der Waals surface area contributed by atoms with E-state index in [0.717, 1.165) is 11.2 Å². The summed E-state index contributed by atoms with van der Waals surface area (Å²) in [6, 6.07) is 7.83. The molecule has 0 heterocycles. The first-order valence-electron chi connectivity index (χ1n) is 3.30. The molecule has 1 aromatic carbocycles. The van der Waals surface area contributed by atoms with Crippen molar-refractivity contribution in [3.63, 3.8) is 0 Å². The summed E-state index contributed by atoms with van der Waals surface area (Å²) in [6.07, 6.45) is 0.966. The summed E-state index contributed by atoms with van der Waals surface area (Å²) in [7, 11) is -0.357. The fourth-order valence-electron chi connectivity index (χ4n) is 0.841. The SMILES string of the molecule is CP(Cl)Cc1ccc(Cl)cc1. The second kappa shape index (κ2) is 4.30. The maximum absolute atomic E-state index is 5.88. The van der Waals surface area contributed by atoms with Crippen molar-refractivity contribution in [2.45, 2.75) is 6.16 Å². The maximum atomic E-state index is 5.88. The van der Waals surface area contributed by atoms with Crippen LogP contribution in [0.2, 0.25) is 5.02 Å². The second-order valence-electron chi connectivity index (χ2n) is 2.39. The Morgan fingerprint density at radius 3 is 2.27 bits per heavy atom. The lowest BCUT2D eigenvalue weighted by molar-refractivity contribution is 1.41. The van der Waals surface area contributed by atoms with E-state index in [1.807, 2.05) is 30.9 Å². The third kappa shape index (κ3) is 3.42. The van der Waals surface area contributed by atoms with E-state index in [4.69, 9.17) is 22.8 Å². The Labute approximate surface area is 78.1 Å². The van der Waals surface area contributed by atoms with Crippen LogP contribution in [0.15, 0.2) is 24.3 Å². The van der Waals surface area contributed by atoms with Gasteiger partial charge in [0.2, 0.25) is 0 Å². The number of rotatable bonds is 2. The van der Waals surface area contributed by atoms with E-state index in [1.165, 1.54) is 5.56 Å². The Morgan fingerprint density at radius 1 is 1.27 bits per heavy atom. The third-order valence-corrected chi connectivity index (χ3v) is 2.73. The Kier molecular flexibility index (Phi) is 3.65. The van der Waals surface area contributed by atoms with Crippen molar-refractivity contribution in [2.24, 2.45) is 0 Å². The molecule has 60 valence electrons. The largest absolute Gasteiger partial charge is 0.0964 e. The Balaban J connectivity index is 2.66. The van der Waals surface area contributed by atoms with Gasteiger partial charge in [-0.25, -0.2) is 0 Å². The molecule has 11 heavy (non-hydrogen) atoms. The lowest BCUT2D eigenvalue weighted by Crippen LogP contribution is -1.77. The van der Waals surface area contributed by atoms with Crippen LogP contribution in [0.5, 0.6) is 0 Å². The van der Waals surface area contributed by atoms with E-state index < -0.39 is 0 Å². The lowest BCUT2D eigenvalue weighted by Gasteiger charge is -2.02. The quantitative estimate of drug-likeness (QED) is 0.640. The van der Waals surface area contributed by atoms with Gasteiger partial charge in [-0.3, -0.25) is 0 Å². The molecule has 0 aliphatic heterocycles. The summed E-state index contributed by atoms with van der Waals surface area (Å²) in [5.41, 5.74) is 1.26. The van der Waals surface area contributed by atoms with Gasteiger partial charge in [0, 0.05) is 11.2 Å². The number of halogens is 2. The molecule has 3 heteroatoms. The summed E-state index contributed by atoms with van der Waals surface area (Å²) in [6.45, 7) is 2.05. The number of hydrogen-bond acceptors (Lipinski definition) is 0. The van der Waals surface area contributed by atoms with E-state index in [-0.39, 0.29) is 7.27 Å². The van der Waals surface area contributed by atoms with Crippen LogP contribution in [0.25, 0.3) is 0 Å². The zero-order chi connectivity index (χ0) is 8.27. The van der Waals surface area contributed by atoms with Gasteiger partial charge in [0.05, 0.1) is 0 Å². The van der Waals surface area contributed by atoms with E-state index in [2.05, 4.69) is 0 Å². The highest BCUT2D eigenvalue weighted by molar-refractivity contribution is 7.82. The highest BCUT2D eigenvalue weighted by atomic mass is 35.7. The molecule has 1 rings (SSSR count). The van der Waals surface area contributed by atoms with Crippen molar-refractivity contribution in [3.05, 3.63) is 34.9 Å². The van der Waals surface area contributed by atoms with Crippen molar-refractivity contribution >= 4 is 30.1 Å². The average Bonchev–Trinajstić information content (AvgIpc) is 1.93. The van der Waals surface area contributed by atoms with Gasteiger partial charge in [-0.2, -0.15) is 0 Å². The van der Waals surface area contributed by atoms with E-state index in [1.54, 1.807) is 0 Å². The van der Waals surface area contributed by atoms with Crippen LogP contribution >= 0.6 is 30.1 Å². The highest BCUT2D eigenvalue weighted by Crippen LogP contribution is 2.40. The molecule has 0 spiro atoms. The molecule has 0 amide bonds. The fraction of sp³-hybridized carbons (Fsp3) is 0.250. The molecule has 0 aromatic heterocycles. The van der Waals surface area contributed by atoms with Crippen molar-refractivity contribution in [1.29, 1.82) is 0 Å². The van der Waals surface area contributed by atoms with Crippen LogP contribution in [0.4, 0.5) is 0 Å². The summed E-state index contributed by atoms with van der Waals surface area (Å²) in [5.74, 6) is 0. The second-order valence-corrected chi connectivity index (χ2v) is 6.08. The van der Waals surface area contributed by atoms with Crippen LogP contribution in [-0.4, -0.2) is 6.66 Å². The van der Waals surface area contributed by atoms with E-state index >= 15 is 0 Å². The summed E-state index contributed by atoms with van der Waals surface area (Å²) in [4.78, 5) is 0. The van der Waals surface area contributed by atoms with E-state index in [0.29, 0.717) is 0 Å². The number of hydrogen-bond donors (Lipinski definition) is 0.